The molecule has 3 fully saturated rings. The molecule has 7 heteroatoms. The normalized spacial score (nSPS) is 30.3. The molecule has 2 heterocycles. The van der Waals surface area contributed by atoms with Crippen LogP contribution < -0.4 is 5.32 Å². The Morgan fingerprint density at radius 1 is 1.09 bits per heavy atom. The number of rotatable bonds is 7. The Kier molecular flexibility index (Phi) is 7.66. The Labute approximate surface area is 206 Å². The van der Waals surface area contributed by atoms with Gasteiger partial charge in [-0.3, -0.25) is 4.90 Å². The Morgan fingerprint density at radius 2 is 1.89 bits per heavy atom. The molecule has 2 aromatic rings. The van der Waals surface area contributed by atoms with Crippen LogP contribution in [0.25, 0.3) is 0 Å². The molecular weight excluding hydrogens is 447 g/mol. The SMILES string of the molecule is COC(=O)N1[C@@H]2COC[C@@H]2[C@H](NCc2ccccc2)[C@@H]1CO[C@H]1CC[C@@H](c2cccc(F)c2)CC1. The number of carbonyl (C=O) groups is 1. The van der Waals surface area contributed by atoms with E-state index in [2.05, 4.69) is 17.4 Å². The second-order valence-electron chi connectivity index (χ2n) is 9.97. The van der Waals surface area contributed by atoms with Crippen molar-refractivity contribution in [3.05, 3.63) is 71.5 Å². The van der Waals surface area contributed by atoms with E-state index in [9.17, 15) is 9.18 Å². The summed E-state index contributed by atoms with van der Waals surface area (Å²) in [4.78, 5) is 14.6. The van der Waals surface area contributed by atoms with Crippen LogP contribution in [-0.2, 0) is 20.8 Å². The summed E-state index contributed by atoms with van der Waals surface area (Å²) < 4.78 is 31.0. The molecule has 1 N–H and O–H groups in total. The lowest BCUT2D eigenvalue weighted by Crippen LogP contribution is -2.50. The van der Waals surface area contributed by atoms with Gasteiger partial charge in [0, 0.05) is 18.5 Å². The van der Waals surface area contributed by atoms with E-state index in [-0.39, 0.29) is 42.1 Å². The standard InChI is InChI=1S/C28H35FN2O4/c1-33-28(32)31-25-17-34-16-24(25)27(30-15-19-6-3-2-4-7-19)26(31)18-35-23-12-10-20(11-13-23)21-8-5-9-22(29)14-21/h2-9,14,20,23-27,30H,10-13,15-18H2,1H3/t20-,23+,24-,25+,26-,27-/m0/s1. The van der Waals surface area contributed by atoms with E-state index >= 15 is 0 Å². The first-order chi connectivity index (χ1) is 17.1. The highest BCUT2D eigenvalue weighted by atomic mass is 19.1. The van der Waals surface area contributed by atoms with Crippen LogP contribution in [0.3, 0.4) is 0 Å². The molecule has 3 aliphatic rings. The molecule has 0 unspecified atom stereocenters. The maximum absolute atomic E-state index is 13.6. The second kappa shape index (κ2) is 11.1. The molecule has 0 aromatic heterocycles. The van der Waals surface area contributed by atoms with Gasteiger partial charge in [0.1, 0.15) is 5.82 Å². The third-order valence-corrected chi connectivity index (χ3v) is 7.95. The van der Waals surface area contributed by atoms with E-state index < -0.39 is 0 Å². The molecule has 1 saturated carbocycles. The largest absolute Gasteiger partial charge is 0.453 e. The number of benzene rings is 2. The van der Waals surface area contributed by atoms with E-state index in [0.717, 1.165) is 37.8 Å². The number of nitrogens with zero attached hydrogens (tertiary/aromatic N) is 1. The van der Waals surface area contributed by atoms with Crippen LogP contribution in [0.15, 0.2) is 54.6 Å². The number of nitrogens with one attached hydrogen (secondary N) is 1. The monoisotopic (exact) mass is 482 g/mol. The topological polar surface area (TPSA) is 60.0 Å². The lowest BCUT2D eigenvalue weighted by molar-refractivity contribution is -0.0151. The highest BCUT2D eigenvalue weighted by Gasteiger charge is 2.54. The number of methoxy groups -OCH3 is 1. The number of halogens is 1. The zero-order chi connectivity index (χ0) is 24.2. The van der Waals surface area contributed by atoms with Gasteiger partial charge in [-0.15, -0.1) is 0 Å². The lowest BCUT2D eigenvalue weighted by Gasteiger charge is -2.34. The molecule has 6 nitrogen and oxygen atoms in total. The first-order valence-electron chi connectivity index (χ1n) is 12.7. The van der Waals surface area contributed by atoms with Gasteiger partial charge in [-0.05, 0) is 54.9 Å². The van der Waals surface area contributed by atoms with E-state index in [4.69, 9.17) is 14.2 Å². The average molecular weight is 483 g/mol. The zero-order valence-corrected chi connectivity index (χ0v) is 20.3. The Balaban J connectivity index is 1.23. The van der Waals surface area contributed by atoms with Crippen molar-refractivity contribution in [3.63, 3.8) is 0 Å². The summed E-state index contributed by atoms with van der Waals surface area (Å²) in [5.74, 6) is 0.407. The molecular formula is C28H35FN2O4. The summed E-state index contributed by atoms with van der Waals surface area (Å²) in [5, 5.41) is 3.70. The van der Waals surface area contributed by atoms with Crippen molar-refractivity contribution in [2.75, 3.05) is 26.9 Å². The number of carbonyl (C=O) groups excluding carboxylic acids is 1. The maximum atomic E-state index is 13.6. The van der Waals surface area contributed by atoms with Crippen LogP contribution in [0.1, 0.15) is 42.7 Å². The van der Waals surface area contributed by atoms with Gasteiger partial charge >= 0.3 is 6.09 Å². The van der Waals surface area contributed by atoms with Gasteiger partial charge in [0.15, 0.2) is 0 Å². The summed E-state index contributed by atoms with van der Waals surface area (Å²) in [7, 11) is 1.43. The summed E-state index contributed by atoms with van der Waals surface area (Å²) in [6.45, 7) is 2.33. The molecule has 2 aromatic carbocycles. The summed E-state index contributed by atoms with van der Waals surface area (Å²) in [6.07, 6.45) is 3.65. The van der Waals surface area contributed by atoms with Crippen LogP contribution in [0.5, 0.6) is 0 Å². The highest BCUT2D eigenvalue weighted by Crippen LogP contribution is 2.38. The molecule has 35 heavy (non-hydrogen) atoms. The molecule has 4 atom stereocenters. The Bertz CT molecular complexity index is 982. The molecule has 1 aliphatic carbocycles. The quantitative estimate of drug-likeness (QED) is 0.630. The fraction of sp³-hybridized carbons (Fsp3) is 0.536. The van der Waals surface area contributed by atoms with Crippen molar-refractivity contribution >= 4 is 6.09 Å². The van der Waals surface area contributed by atoms with E-state index in [0.29, 0.717) is 25.7 Å². The van der Waals surface area contributed by atoms with Gasteiger partial charge in [0.25, 0.3) is 0 Å². The summed E-state index contributed by atoms with van der Waals surface area (Å²) >= 11 is 0. The van der Waals surface area contributed by atoms with Gasteiger partial charge in [-0.25, -0.2) is 9.18 Å². The first kappa shape index (κ1) is 24.2. The van der Waals surface area contributed by atoms with Gasteiger partial charge in [-0.1, -0.05) is 42.5 Å². The molecule has 0 spiro atoms. The fourth-order valence-electron chi connectivity index (χ4n) is 6.13. The summed E-state index contributed by atoms with van der Waals surface area (Å²) in [5.41, 5.74) is 2.28. The van der Waals surface area contributed by atoms with Crippen LogP contribution in [0, 0.1) is 11.7 Å². The van der Waals surface area contributed by atoms with Crippen molar-refractivity contribution in [2.24, 2.45) is 5.92 Å². The van der Waals surface area contributed by atoms with Gasteiger partial charge < -0.3 is 19.5 Å². The van der Waals surface area contributed by atoms with Crippen LogP contribution in [0.2, 0.25) is 0 Å². The molecule has 5 rings (SSSR count). The minimum Gasteiger partial charge on any atom is -0.453 e. The predicted molar refractivity (Wildman–Crippen MR) is 131 cm³/mol. The number of fused-ring (bicyclic) bond motifs is 1. The smallest absolute Gasteiger partial charge is 0.410 e. The minimum absolute atomic E-state index is 0.00645. The molecule has 188 valence electrons. The van der Waals surface area contributed by atoms with E-state index in [1.165, 1.54) is 18.7 Å². The number of ether oxygens (including phenoxy) is 3. The number of amides is 1. The van der Waals surface area contributed by atoms with Gasteiger partial charge in [0.05, 0.1) is 45.1 Å². The Morgan fingerprint density at radius 3 is 2.63 bits per heavy atom. The third-order valence-electron chi connectivity index (χ3n) is 7.95. The van der Waals surface area contributed by atoms with Crippen molar-refractivity contribution in [3.8, 4) is 0 Å². The lowest BCUT2D eigenvalue weighted by atomic mass is 9.82. The van der Waals surface area contributed by atoms with Gasteiger partial charge in [0.2, 0.25) is 0 Å². The number of hydrogen-bond acceptors (Lipinski definition) is 5. The molecule has 0 bridgehead atoms. The van der Waals surface area contributed by atoms with Gasteiger partial charge in [-0.2, -0.15) is 0 Å². The van der Waals surface area contributed by atoms with Crippen LogP contribution in [-0.4, -0.2) is 62.2 Å². The van der Waals surface area contributed by atoms with Crippen LogP contribution in [0.4, 0.5) is 9.18 Å². The van der Waals surface area contributed by atoms with Crippen molar-refractivity contribution in [2.45, 2.75) is 62.4 Å². The van der Waals surface area contributed by atoms with Crippen molar-refractivity contribution in [1.82, 2.24) is 10.2 Å². The second-order valence-corrected chi connectivity index (χ2v) is 9.97. The minimum atomic E-state index is -0.321. The molecule has 0 radical (unpaired) electrons. The molecule has 2 saturated heterocycles. The van der Waals surface area contributed by atoms with E-state index in [1.54, 1.807) is 12.1 Å². The number of hydrogen-bond donors (Lipinski definition) is 1. The van der Waals surface area contributed by atoms with E-state index in [1.807, 2.05) is 29.2 Å². The predicted octanol–water partition coefficient (Wildman–Crippen LogP) is 4.49. The fourth-order valence-corrected chi connectivity index (χ4v) is 6.13. The van der Waals surface area contributed by atoms with Crippen LogP contribution >= 0.6 is 0 Å². The highest BCUT2D eigenvalue weighted by molar-refractivity contribution is 5.69. The number of likely N-dealkylation sites (tertiary alicyclic amines) is 1. The average Bonchev–Trinajstić information content (AvgIpc) is 3.47. The van der Waals surface area contributed by atoms with Crippen molar-refractivity contribution in [1.29, 1.82) is 0 Å². The first-order valence-corrected chi connectivity index (χ1v) is 12.7. The zero-order valence-electron chi connectivity index (χ0n) is 20.3. The molecule has 2 aliphatic heterocycles. The van der Waals surface area contributed by atoms with Crippen molar-refractivity contribution < 1.29 is 23.4 Å². The molecule has 1 amide bonds. The summed E-state index contributed by atoms with van der Waals surface area (Å²) in [6, 6.07) is 17.2. The Hall–Kier alpha value is -2.48. The maximum Gasteiger partial charge on any atom is 0.410 e. The third kappa shape index (κ3) is 5.37.